The third-order valence-electron chi connectivity index (χ3n) is 4.34. The number of guanidine groups is 1. The standard InChI is InChI=1S/C21H22ClFN4O3/c1-13(28)25-15-5-2-4-14(10-15)20(29)27-21(24-12-17-6-3-9-30-17)26-16-7-8-19(23)18(22)11-16/h2,4-5,7-8,10-11,17H,3,6,9,12H2,1H3,(H,25,28)(H2,24,26,27,29). The van der Waals surface area contributed by atoms with Crippen LogP contribution in [0.15, 0.2) is 47.5 Å². The van der Waals surface area contributed by atoms with Gasteiger partial charge in [-0.3, -0.25) is 14.9 Å². The van der Waals surface area contributed by atoms with Crippen LogP contribution in [-0.2, 0) is 9.53 Å². The van der Waals surface area contributed by atoms with Crippen LogP contribution >= 0.6 is 11.6 Å². The van der Waals surface area contributed by atoms with Gasteiger partial charge in [-0.15, -0.1) is 0 Å². The fourth-order valence-corrected chi connectivity index (χ4v) is 3.10. The zero-order valence-electron chi connectivity index (χ0n) is 16.4. The van der Waals surface area contributed by atoms with Crippen molar-refractivity contribution in [2.24, 2.45) is 4.99 Å². The van der Waals surface area contributed by atoms with Crippen molar-refractivity contribution >= 4 is 40.7 Å². The third-order valence-corrected chi connectivity index (χ3v) is 4.63. The van der Waals surface area contributed by atoms with Crippen molar-refractivity contribution in [3.05, 3.63) is 58.9 Å². The van der Waals surface area contributed by atoms with Gasteiger partial charge in [-0.05, 0) is 49.2 Å². The fourth-order valence-electron chi connectivity index (χ4n) is 2.92. The Balaban J connectivity index is 1.76. The van der Waals surface area contributed by atoms with E-state index in [1.165, 1.54) is 25.1 Å². The second kappa shape index (κ2) is 10.2. The number of anilines is 2. The van der Waals surface area contributed by atoms with Crippen LogP contribution in [0, 0.1) is 5.82 Å². The van der Waals surface area contributed by atoms with E-state index in [9.17, 15) is 14.0 Å². The Hall–Kier alpha value is -2.97. The molecule has 7 nitrogen and oxygen atoms in total. The molecule has 2 aromatic carbocycles. The van der Waals surface area contributed by atoms with Crippen LogP contribution in [0.2, 0.25) is 5.02 Å². The lowest BCUT2D eigenvalue weighted by molar-refractivity contribution is -0.114. The van der Waals surface area contributed by atoms with Crippen LogP contribution in [0.25, 0.3) is 0 Å². The molecule has 1 heterocycles. The molecule has 1 unspecified atom stereocenters. The number of carbonyl (C=O) groups excluding carboxylic acids is 2. The number of hydrogen-bond acceptors (Lipinski definition) is 4. The monoisotopic (exact) mass is 432 g/mol. The van der Waals surface area contributed by atoms with Gasteiger partial charge in [0.2, 0.25) is 11.9 Å². The zero-order chi connectivity index (χ0) is 21.5. The number of benzene rings is 2. The van der Waals surface area contributed by atoms with Crippen LogP contribution < -0.4 is 16.0 Å². The number of amides is 2. The first-order valence-corrected chi connectivity index (χ1v) is 9.85. The maximum atomic E-state index is 13.4. The van der Waals surface area contributed by atoms with E-state index in [0.29, 0.717) is 30.1 Å². The van der Waals surface area contributed by atoms with Gasteiger partial charge in [0.05, 0.1) is 17.7 Å². The van der Waals surface area contributed by atoms with Crippen molar-refractivity contribution in [1.82, 2.24) is 5.32 Å². The Morgan fingerprint density at radius 2 is 2.00 bits per heavy atom. The van der Waals surface area contributed by atoms with E-state index in [1.807, 2.05) is 0 Å². The maximum absolute atomic E-state index is 13.4. The van der Waals surface area contributed by atoms with Gasteiger partial charge in [-0.1, -0.05) is 17.7 Å². The first kappa shape index (κ1) is 21.7. The Bertz CT molecular complexity index is 961. The SMILES string of the molecule is CC(=O)Nc1cccc(C(=O)NC(=NCC2CCCO2)Nc2ccc(F)c(Cl)c2)c1. The Labute approximate surface area is 178 Å². The number of carbonyl (C=O) groups is 2. The highest BCUT2D eigenvalue weighted by atomic mass is 35.5. The molecule has 0 bridgehead atoms. The summed E-state index contributed by atoms with van der Waals surface area (Å²) in [7, 11) is 0. The predicted octanol–water partition coefficient (Wildman–Crippen LogP) is 3.81. The predicted molar refractivity (Wildman–Crippen MR) is 115 cm³/mol. The number of nitrogens with zero attached hydrogens (tertiary/aromatic N) is 1. The maximum Gasteiger partial charge on any atom is 0.258 e. The molecule has 3 rings (SSSR count). The van der Waals surface area contributed by atoms with Gasteiger partial charge in [0.15, 0.2) is 0 Å². The summed E-state index contributed by atoms with van der Waals surface area (Å²) >= 11 is 5.84. The number of ether oxygens (including phenoxy) is 1. The lowest BCUT2D eigenvalue weighted by Gasteiger charge is -2.14. The highest BCUT2D eigenvalue weighted by Crippen LogP contribution is 2.19. The summed E-state index contributed by atoms with van der Waals surface area (Å²) in [6.45, 7) is 2.45. The molecular formula is C21H22ClFN4O3. The second-order valence-corrected chi connectivity index (χ2v) is 7.20. The van der Waals surface area contributed by atoms with Gasteiger partial charge in [0.25, 0.3) is 5.91 Å². The highest BCUT2D eigenvalue weighted by Gasteiger charge is 2.16. The molecule has 0 radical (unpaired) electrons. The molecule has 2 amide bonds. The van der Waals surface area contributed by atoms with Crippen molar-refractivity contribution in [2.75, 3.05) is 23.8 Å². The summed E-state index contributed by atoms with van der Waals surface area (Å²) in [5.41, 5.74) is 1.32. The molecule has 0 saturated carbocycles. The van der Waals surface area contributed by atoms with Gasteiger partial charge in [-0.2, -0.15) is 0 Å². The van der Waals surface area contributed by atoms with Gasteiger partial charge in [-0.25, -0.2) is 9.38 Å². The van der Waals surface area contributed by atoms with E-state index in [-0.39, 0.29) is 23.0 Å². The minimum absolute atomic E-state index is 0.0152. The van der Waals surface area contributed by atoms with Crippen molar-refractivity contribution in [3.8, 4) is 0 Å². The topological polar surface area (TPSA) is 91.8 Å². The number of aliphatic imine (C=N–C) groups is 1. The second-order valence-electron chi connectivity index (χ2n) is 6.79. The Morgan fingerprint density at radius 3 is 2.70 bits per heavy atom. The van der Waals surface area contributed by atoms with Crippen molar-refractivity contribution in [3.63, 3.8) is 0 Å². The summed E-state index contributed by atoms with van der Waals surface area (Å²) < 4.78 is 19.0. The van der Waals surface area contributed by atoms with E-state index < -0.39 is 11.7 Å². The molecular weight excluding hydrogens is 411 g/mol. The Morgan fingerprint density at radius 1 is 1.20 bits per heavy atom. The fraction of sp³-hybridized carbons (Fsp3) is 0.286. The molecule has 0 aromatic heterocycles. The summed E-state index contributed by atoms with van der Waals surface area (Å²) in [6, 6.07) is 10.6. The van der Waals surface area contributed by atoms with Gasteiger partial charge in [0, 0.05) is 30.5 Å². The van der Waals surface area contributed by atoms with Crippen molar-refractivity contribution in [2.45, 2.75) is 25.9 Å². The number of hydrogen-bond donors (Lipinski definition) is 3. The molecule has 0 spiro atoms. The normalized spacial score (nSPS) is 16.2. The lowest BCUT2D eigenvalue weighted by atomic mass is 10.2. The lowest BCUT2D eigenvalue weighted by Crippen LogP contribution is -2.36. The molecule has 1 saturated heterocycles. The quantitative estimate of drug-likeness (QED) is 0.495. The summed E-state index contributed by atoms with van der Waals surface area (Å²) in [5, 5.41) is 8.26. The van der Waals surface area contributed by atoms with Crippen LogP contribution in [-0.4, -0.2) is 37.0 Å². The summed E-state index contributed by atoms with van der Waals surface area (Å²) in [5.74, 6) is -1.02. The van der Waals surface area contributed by atoms with Crippen LogP contribution in [0.3, 0.4) is 0 Å². The molecule has 9 heteroatoms. The molecule has 158 valence electrons. The largest absolute Gasteiger partial charge is 0.376 e. The van der Waals surface area contributed by atoms with Crippen molar-refractivity contribution in [1.29, 1.82) is 0 Å². The number of nitrogens with one attached hydrogen (secondary N) is 3. The van der Waals surface area contributed by atoms with E-state index in [2.05, 4.69) is 20.9 Å². The molecule has 1 fully saturated rings. The zero-order valence-corrected chi connectivity index (χ0v) is 17.1. The van der Waals surface area contributed by atoms with E-state index in [0.717, 1.165) is 12.8 Å². The van der Waals surface area contributed by atoms with Crippen LogP contribution in [0.4, 0.5) is 15.8 Å². The number of rotatable bonds is 5. The molecule has 1 aliphatic heterocycles. The van der Waals surface area contributed by atoms with Crippen molar-refractivity contribution < 1.29 is 18.7 Å². The molecule has 1 aliphatic rings. The highest BCUT2D eigenvalue weighted by molar-refractivity contribution is 6.31. The molecule has 30 heavy (non-hydrogen) atoms. The molecule has 0 aliphatic carbocycles. The smallest absolute Gasteiger partial charge is 0.258 e. The van der Waals surface area contributed by atoms with Crippen LogP contribution in [0.1, 0.15) is 30.1 Å². The molecule has 1 atom stereocenters. The van der Waals surface area contributed by atoms with Gasteiger partial charge < -0.3 is 15.4 Å². The first-order chi connectivity index (χ1) is 14.4. The van der Waals surface area contributed by atoms with E-state index in [4.69, 9.17) is 16.3 Å². The van der Waals surface area contributed by atoms with E-state index in [1.54, 1.807) is 24.3 Å². The molecule has 3 N–H and O–H groups in total. The number of halogens is 2. The Kier molecular flexibility index (Phi) is 7.37. The minimum Gasteiger partial charge on any atom is -0.376 e. The third kappa shape index (κ3) is 6.27. The summed E-state index contributed by atoms with van der Waals surface area (Å²) in [6.07, 6.45) is 1.85. The van der Waals surface area contributed by atoms with Gasteiger partial charge in [0.1, 0.15) is 5.82 Å². The van der Waals surface area contributed by atoms with Gasteiger partial charge >= 0.3 is 0 Å². The average Bonchev–Trinajstić information content (AvgIpc) is 3.22. The first-order valence-electron chi connectivity index (χ1n) is 9.48. The minimum atomic E-state index is -0.543. The molecule has 2 aromatic rings. The summed E-state index contributed by atoms with van der Waals surface area (Å²) in [4.78, 5) is 28.4. The average molecular weight is 433 g/mol. The van der Waals surface area contributed by atoms with Crippen LogP contribution in [0.5, 0.6) is 0 Å². The van der Waals surface area contributed by atoms with E-state index >= 15 is 0 Å².